The van der Waals surface area contributed by atoms with Crippen LogP contribution in [-0.2, 0) is 0 Å². The van der Waals surface area contributed by atoms with Crippen molar-refractivity contribution in [2.75, 3.05) is 11.9 Å². The van der Waals surface area contributed by atoms with Gasteiger partial charge in [0.1, 0.15) is 17.2 Å². The third-order valence-electron chi connectivity index (χ3n) is 6.91. The second-order valence-corrected chi connectivity index (χ2v) is 10.6. The lowest BCUT2D eigenvalue weighted by Crippen LogP contribution is -2.13. The fourth-order valence-corrected chi connectivity index (χ4v) is 5.35. The Kier molecular flexibility index (Phi) is 5.92. The second-order valence-electron chi connectivity index (χ2n) is 9.66. The molecule has 2 aromatic carbocycles. The van der Waals surface area contributed by atoms with Crippen LogP contribution in [0.15, 0.2) is 58.5 Å². The molecule has 6 rings (SSSR count). The van der Waals surface area contributed by atoms with E-state index in [1.165, 1.54) is 43.4 Å². The van der Waals surface area contributed by atoms with Gasteiger partial charge in [-0.2, -0.15) is 0 Å². The van der Waals surface area contributed by atoms with Crippen LogP contribution in [0.4, 0.5) is 5.13 Å². The molecule has 0 aliphatic heterocycles. The van der Waals surface area contributed by atoms with Gasteiger partial charge in [-0.3, -0.25) is 10.1 Å². The lowest BCUT2D eigenvalue weighted by molar-refractivity contribution is 0.102. The lowest BCUT2D eigenvalue weighted by Gasteiger charge is -2.15. The van der Waals surface area contributed by atoms with Crippen LogP contribution in [0.1, 0.15) is 48.4 Å². The molecule has 2 heterocycles. The van der Waals surface area contributed by atoms with Crippen molar-refractivity contribution in [1.82, 2.24) is 15.2 Å². The van der Waals surface area contributed by atoms with Gasteiger partial charge >= 0.3 is 0 Å². The summed E-state index contributed by atoms with van der Waals surface area (Å²) in [5.74, 6) is 3.01. The van der Waals surface area contributed by atoms with Crippen LogP contribution < -0.4 is 14.8 Å². The summed E-state index contributed by atoms with van der Waals surface area (Å²) < 4.78 is 17.8. The molecule has 0 saturated heterocycles. The lowest BCUT2D eigenvalue weighted by atomic mass is 10.0. The van der Waals surface area contributed by atoms with E-state index in [-0.39, 0.29) is 5.91 Å². The maximum atomic E-state index is 12.9. The molecule has 184 valence electrons. The Bertz CT molecular complexity index is 1360. The van der Waals surface area contributed by atoms with Gasteiger partial charge in [0.25, 0.3) is 5.91 Å². The van der Waals surface area contributed by atoms with Crippen molar-refractivity contribution in [2.24, 2.45) is 11.3 Å². The number of ether oxygens (including phenoxy) is 2. The molecule has 2 aliphatic carbocycles. The number of carbonyl (C=O) groups is 1. The highest BCUT2D eigenvalue weighted by Crippen LogP contribution is 2.59. The molecule has 1 atom stereocenters. The summed E-state index contributed by atoms with van der Waals surface area (Å²) in [5.41, 5.74) is 1.85. The third kappa shape index (κ3) is 5.11. The number of carbonyl (C=O) groups excluding carboxylic acids is 1. The number of rotatable bonds is 8. The molecule has 36 heavy (non-hydrogen) atoms. The van der Waals surface area contributed by atoms with Crippen LogP contribution in [0.5, 0.6) is 17.2 Å². The average molecular weight is 503 g/mol. The van der Waals surface area contributed by atoms with Gasteiger partial charge in [-0.15, -0.1) is 21.5 Å². The van der Waals surface area contributed by atoms with Crippen LogP contribution in [0.25, 0.3) is 11.5 Å². The standard InChI is InChI=1S/C27H26N4O4S/c1-17-30-31-25(34-17)19-2-4-21(5-3-19)35-23-13-20(24(32)29-26-28-10-11-36-26)12-22(14-23)33-16-18-6-7-27(15-18)8-9-27/h2-5,10-14,18H,6-9,15-16H2,1H3,(H,28,29,32). The average Bonchev–Trinajstić information content (AvgIpc) is 3.23. The van der Waals surface area contributed by atoms with E-state index in [0.717, 1.165) is 5.56 Å². The Hall–Kier alpha value is -3.72. The number of hydrogen-bond donors (Lipinski definition) is 1. The molecular weight excluding hydrogens is 476 g/mol. The summed E-state index contributed by atoms with van der Waals surface area (Å²) in [6, 6.07) is 12.7. The zero-order chi connectivity index (χ0) is 24.5. The fourth-order valence-electron chi connectivity index (χ4n) is 4.83. The molecule has 8 nitrogen and oxygen atoms in total. The van der Waals surface area contributed by atoms with E-state index in [2.05, 4.69) is 20.5 Å². The first kappa shape index (κ1) is 22.7. The number of nitrogens with one attached hydrogen (secondary N) is 1. The number of benzene rings is 2. The Balaban J connectivity index is 1.20. The predicted octanol–water partition coefficient (Wildman–Crippen LogP) is 6.51. The van der Waals surface area contributed by atoms with Gasteiger partial charge in [0, 0.05) is 35.7 Å². The first-order chi connectivity index (χ1) is 17.5. The molecule has 1 spiro atoms. The summed E-state index contributed by atoms with van der Waals surface area (Å²) in [6.45, 7) is 2.40. The highest BCUT2D eigenvalue weighted by molar-refractivity contribution is 7.13. The number of hydrogen-bond acceptors (Lipinski definition) is 8. The van der Waals surface area contributed by atoms with Crippen molar-refractivity contribution in [3.63, 3.8) is 0 Å². The Morgan fingerprint density at radius 1 is 1.11 bits per heavy atom. The maximum absolute atomic E-state index is 12.9. The molecule has 0 bridgehead atoms. The third-order valence-corrected chi connectivity index (χ3v) is 7.59. The topological polar surface area (TPSA) is 99.4 Å². The van der Waals surface area contributed by atoms with E-state index in [1.807, 2.05) is 35.7 Å². The highest BCUT2D eigenvalue weighted by atomic mass is 32.1. The van der Waals surface area contributed by atoms with Gasteiger partial charge in [-0.05, 0) is 79.8 Å². The zero-order valence-corrected chi connectivity index (χ0v) is 20.7. The zero-order valence-electron chi connectivity index (χ0n) is 19.9. The van der Waals surface area contributed by atoms with Crippen molar-refractivity contribution in [2.45, 2.75) is 39.0 Å². The quantitative estimate of drug-likeness (QED) is 0.293. The fraction of sp³-hybridized carbons (Fsp3) is 0.333. The minimum Gasteiger partial charge on any atom is -0.493 e. The Morgan fingerprint density at radius 3 is 2.64 bits per heavy atom. The first-order valence-electron chi connectivity index (χ1n) is 12.1. The first-order valence-corrected chi connectivity index (χ1v) is 13.0. The van der Waals surface area contributed by atoms with Gasteiger partial charge in [0.2, 0.25) is 11.8 Å². The van der Waals surface area contributed by atoms with E-state index in [4.69, 9.17) is 13.9 Å². The van der Waals surface area contributed by atoms with Crippen LogP contribution in [-0.4, -0.2) is 27.7 Å². The number of anilines is 1. The normalized spacial score (nSPS) is 17.8. The number of aryl methyl sites for hydroxylation is 1. The van der Waals surface area contributed by atoms with Crippen molar-refractivity contribution < 1.29 is 18.7 Å². The smallest absolute Gasteiger partial charge is 0.257 e. The monoisotopic (exact) mass is 502 g/mol. The van der Waals surface area contributed by atoms with Gasteiger partial charge in [-0.25, -0.2) is 4.98 Å². The minimum atomic E-state index is -0.264. The molecular formula is C27H26N4O4S. The predicted molar refractivity (Wildman–Crippen MR) is 136 cm³/mol. The Labute approximate surface area is 212 Å². The molecule has 2 saturated carbocycles. The summed E-state index contributed by atoms with van der Waals surface area (Å²) in [4.78, 5) is 17.1. The molecule has 2 fully saturated rings. The molecule has 4 aromatic rings. The van der Waals surface area contributed by atoms with Crippen LogP contribution in [0.2, 0.25) is 0 Å². The van der Waals surface area contributed by atoms with Gasteiger partial charge < -0.3 is 13.9 Å². The molecule has 1 amide bonds. The van der Waals surface area contributed by atoms with Crippen LogP contribution >= 0.6 is 11.3 Å². The van der Waals surface area contributed by atoms with E-state index in [1.54, 1.807) is 25.3 Å². The SMILES string of the molecule is Cc1nnc(-c2ccc(Oc3cc(OCC4CCC5(CC5)C4)cc(C(=O)Nc4nccs4)c3)cc2)o1. The number of amides is 1. The molecule has 2 aliphatic rings. The second kappa shape index (κ2) is 9.39. The molecule has 0 radical (unpaired) electrons. The molecule has 1 unspecified atom stereocenters. The number of thiazole rings is 1. The van der Waals surface area contributed by atoms with Gasteiger partial charge in [-0.1, -0.05) is 0 Å². The molecule has 1 N–H and O–H groups in total. The van der Waals surface area contributed by atoms with E-state index in [9.17, 15) is 4.79 Å². The van der Waals surface area contributed by atoms with Gasteiger partial charge in [0.05, 0.1) is 6.61 Å². The summed E-state index contributed by atoms with van der Waals surface area (Å²) in [6.07, 6.45) is 8.14. The van der Waals surface area contributed by atoms with Crippen molar-refractivity contribution in [3.8, 4) is 28.7 Å². The van der Waals surface area contributed by atoms with Gasteiger partial charge in [0.15, 0.2) is 5.13 Å². The van der Waals surface area contributed by atoms with E-state index < -0.39 is 0 Å². The van der Waals surface area contributed by atoms with E-state index in [0.29, 0.717) is 57.7 Å². The van der Waals surface area contributed by atoms with Crippen molar-refractivity contribution >= 4 is 22.4 Å². The number of aromatic nitrogens is 3. The molecule has 9 heteroatoms. The van der Waals surface area contributed by atoms with Crippen LogP contribution in [0.3, 0.4) is 0 Å². The number of nitrogens with zero attached hydrogens (tertiary/aromatic N) is 3. The van der Waals surface area contributed by atoms with Crippen LogP contribution in [0, 0.1) is 18.3 Å². The minimum absolute atomic E-state index is 0.264. The van der Waals surface area contributed by atoms with Crippen molar-refractivity contribution in [1.29, 1.82) is 0 Å². The largest absolute Gasteiger partial charge is 0.493 e. The summed E-state index contributed by atoms with van der Waals surface area (Å²) in [7, 11) is 0. The summed E-state index contributed by atoms with van der Waals surface area (Å²) in [5, 5.41) is 13.1. The maximum Gasteiger partial charge on any atom is 0.257 e. The highest BCUT2D eigenvalue weighted by Gasteiger charge is 2.48. The summed E-state index contributed by atoms with van der Waals surface area (Å²) >= 11 is 1.37. The Morgan fingerprint density at radius 2 is 1.94 bits per heavy atom. The van der Waals surface area contributed by atoms with E-state index >= 15 is 0 Å². The van der Waals surface area contributed by atoms with Crippen molar-refractivity contribution in [3.05, 3.63) is 65.5 Å². The molecule has 2 aromatic heterocycles.